The zero-order valence-corrected chi connectivity index (χ0v) is 10.7. The summed E-state index contributed by atoms with van der Waals surface area (Å²) in [5.74, 6) is 0. The SMILES string of the molecule is C=C(N)CC(=C(C)C)c1cc(C)ccc1C. The first-order valence-corrected chi connectivity index (χ1v) is 5.59. The fourth-order valence-electron chi connectivity index (χ4n) is 1.83. The lowest BCUT2D eigenvalue weighted by Gasteiger charge is -2.14. The minimum absolute atomic E-state index is 0.720. The van der Waals surface area contributed by atoms with Gasteiger partial charge in [0.2, 0.25) is 0 Å². The summed E-state index contributed by atoms with van der Waals surface area (Å²) in [6, 6.07) is 6.52. The van der Waals surface area contributed by atoms with Crippen molar-refractivity contribution >= 4 is 5.57 Å². The monoisotopic (exact) mass is 215 g/mol. The van der Waals surface area contributed by atoms with Crippen molar-refractivity contribution in [1.82, 2.24) is 0 Å². The van der Waals surface area contributed by atoms with Gasteiger partial charge in [-0.3, -0.25) is 0 Å². The molecule has 0 spiro atoms. The Hall–Kier alpha value is -1.50. The smallest absolute Gasteiger partial charge is 0.0120 e. The van der Waals surface area contributed by atoms with Crippen LogP contribution in [-0.4, -0.2) is 0 Å². The van der Waals surface area contributed by atoms with Gasteiger partial charge in [-0.25, -0.2) is 0 Å². The summed E-state index contributed by atoms with van der Waals surface area (Å²) in [5, 5.41) is 0. The van der Waals surface area contributed by atoms with Gasteiger partial charge in [0, 0.05) is 12.1 Å². The zero-order chi connectivity index (χ0) is 12.3. The predicted octanol–water partition coefficient (Wildman–Crippen LogP) is 3.96. The maximum absolute atomic E-state index is 5.73. The van der Waals surface area contributed by atoms with Crippen molar-refractivity contribution in [2.45, 2.75) is 34.1 Å². The summed E-state index contributed by atoms with van der Waals surface area (Å²) < 4.78 is 0. The first-order chi connectivity index (χ1) is 7.41. The van der Waals surface area contributed by atoms with Crippen LogP contribution in [0.1, 0.15) is 37.0 Å². The van der Waals surface area contributed by atoms with Crippen LogP contribution in [0.25, 0.3) is 5.57 Å². The molecule has 0 aliphatic heterocycles. The topological polar surface area (TPSA) is 26.0 Å². The van der Waals surface area contributed by atoms with E-state index in [0.717, 1.165) is 12.1 Å². The molecule has 0 bridgehead atoms. The number of allylic oxidation sites excluding steroid dienone is 2. The Bertz CT molecular complexity index is 435. The van der Waals surface area contributed by atoms with Crippen molar-refractivity contribution in [2.24, 2.45) is 5.73 Å². The van der Waals surface area contributed by atoms with E-state index < -0.39 is 0 Å². The number of benzene rings is 1. The third-order valence-corrected chi connectivity index (χ3v) is 2.73. The highest BCUT2D eigenvalue weighted by molar-refractivity contribution is 5.72. The van der Waals surface area contributed by atoms with Crippen LogP contribution >= 0.6 is 0 Å². The molecule has 0 atom stereocenters. The van der Waals surface area contributed by atoms with Gasteiger partial charge in [-0.15, -0.1) is 0 Å². The lowest BCUT2D eigenvalue weighted by atomic mass is 9.92. The first-order valence-electron chi connectivity index (χ1n) is 5.59. The molecule has 0 aromatic heterocycles. The molecule has 86 valence electrons. The molecule has 0 saturated heterocycles. The number of hydrogen-bond acceptors (Lipinski definition) is 1. The Kier molecular flexibility index (Phi) is 3.94. The van der Waals surface area contributed by atoms with Crippen molar-refractivity contribution in [2.75, 3.05) is 0 Å². The third-order valence-electron chi connectivity index (χ3n) is 2.73. The van der Waals surface area contributed by atoms with Crippen molar-refractivity contribution in [3.63, 3.8) is 0 Å². The van der Waals surface area contributed by atoms with Gasteiger partial charge in [-0.05, 0) is 44.4 Å². The van der Waals surface area contributed by atoms with Crippen molar-refractivity contribution in [3.05, 3.63) is 52.7 Å². The fourth-order valence-corrected chi connectivity index (χ4v) is 1.83. The van der Waals surface area contributed by atoms with Crippen LogP contribution in [0, 0.1) is 13.8 Å². The van der Waals surface area contributed by atoms with Crippen LogP contribution < -0.4 is 5.73 Å². The average Bonchev–Trinajstić information content (AvgIpc) is 2.18. The van der Waals surface area contributed by atoms with Crippen molar-refractivity contribution in [3.8, 4) is 0 Å². The second-order valence-corrected chi connectivity index (χ2v) is 4.63. The van der Waals surface area contributed by atoms with E-state index in [2.05, 4.69) is 52.5 Å². The lowest BCUT2D eigenvalue weighted by molar-refractivity contribution is 1.16. The second-order valence-electron chi connectivity index (χ2n) is 4.63. The quantitative estimate of drug-likeness (QED) is 0.811. The highest BCUT2D eigenvalue weighted by atomic mass is 14.6. The van der Waals surface area contributed by atoms with Gasteiger partial charge in [-0.1, -0.05) is 35.9 Å². The molecular formula is C15H21N. The summed E-state index contributed by atoms with van der Waals surface area (Å²) >= 11 is 0. The fraction of sp³-hybridized carbons (Fsp3) is 0.333. The maximum atomic E-state index is 5.73. The molecule has 1 nitrogen and oxygen atoms in total. The Morgan fingerprint density at radius 1 is 1.25 bits per heavy atom. The number of rotatable bonds is 3. The number of nitrogens with two attached hydrogens (primary N) is 1. The Morgan fingerprint density at radius 2 is 1.88 bits per heavy atom. The largest absolute Gasteiger partial charge is 0.402 e. The van der Waals surface area contributed by atoms with E-state index in [1.54, 1.807) is 0 Å². The van der Waals surface area contributed by atoms with Gasteiger partial charge in [0.15, 0.2) is 0 Å². The highest BCUT2D eigenvalue weighted by Crippen LogP contribution is 2.27. The Morgan fingerprint density at radius 3 is 2.38 bits per heavy atom. The van der Waals surface area contributed by atoms with Gasteiger partial charge >= 0.3 is 0 Å². The molecule has 1 aromatic carbocycles. The summed E-state index contributed by atoms with van der Waals surface area (Å²) in [6.07, 6.45) is 0.757. The minimum Gasteiger partial charge on any atom is -0.402 e. The van der Waals surface area contributed by atoms with Crippen LogP contribution in [0.3, 0.4) is 0 Å². The van der Waals surface area contributed by atoms with Gasteiger partial charge in [0.25, 0.3) is 0 Å². The normalized spacial score (nSPS) is 10.0. The molecule has 1 aromatic rings. The van der Waals surface area contributed by atoms with Gasteiger partial charge in [0.1, 0.15) is 0 Å². The molecule has 16 heavy (non-hydrogen) atoms. The molecule has 2 N–H and O–H groups in total. The summed E-state index contributed by atoms with van der Waals surface area (Å²) in [6.45, 7) is 12.3. The Balaban J connectivity index is 3.27. The highest BCUT2D eigenvalue weighted by Gasteiger charge is 2.07. The molecule has 1 rings (SSSR count). The third kappa shape index (κ3) is 2.99. The van der Waals surface area contributed by atoms with E-state index in [1.165, 1.54) is 27.8 Å². The van der Waals surface area contributed by atoms with Crippen LogP contribution in [0.4, 0.5) is 0 Å². The molecule has 0 heterocycles. The second kappa shape index (κ2) is 5.02. The summed E-state index contributed by atoms with van der Waals surface area (Å²) in [7, 11) is 0. The van der Waals surface area contributed by atoms with Crippen LogP contribution in [-0.2, 0) is 0 Å². The predicted molar refractivity (Wildman–Crippen MR) is 72.1 cm³/mol. The van der Waals surface area contributed by atoms with E-state index in [4.69, 9.17) is 5.73 Å². The minimum atomic E-state index is 0.720. The zero-order valence-electron chi connectivity index (χ0n) is 10.7. The van der Waals surface area contributed by atoms with E-state index in [9.17, 15) is 0 Å². The average molecular weight is 215 g/mol. The first kappa shape index (κ1) is 12.6. The number of aryl methyl sites for hydroxylation is 2. The van der Waals surface area contributed by atoms with Crippen LogP contribution in [0.2, 0.25) is 0 Å². The molecule has 0 amide bonds. The van der Waals surface area contributed by atoms with E-state index in [1.807, 2.05) is 0 Å². The van der Waals surface area contributed by atoms with Crippen LogP contribution in [0.15, 0.2) is 36.0 Å². The molecule has 0 saturated carbocycles. The van der Waals surface area contributed by atoms with Crippen LogP contribution in [0.5, 0.6) is 0 Å². The van der Waals surface area contributed by atoms with Crippen molar-refractivity contribution in [1.29, 1.82) is 0 Å². The van der Waals surface area contributed by atoms with Gasteiger partial charge < -0.3 is 5.73 Å². The van der Waals surface area contributed by atoms with E-state index in [-0.39, 0.29) is 0 Å². The molecule has 0 aliphatic carbocycles. The van der Waals surface area contributed by atoms with Gasteiger partial charge in [-0.2, -0.15) is 0 Å². The van der Waals surface area contributed by atoms with E-state index in [0.29, 0.717) is 0 Å². The van der Waals surface area contributed by atoms with Gasteiger partial charge in [0.05, 0.1) is 0 Å². The molecule has 0 radical (unpaired) electrons. The molecule has 0 aliphatic rings. The standard InChI is InChI=1S/C15H21N/c1-10(2)14(9-13(5)16)15-8-11(3)6-7-12(15)4/h6-8H,5,9,16H2,1-4H3. The molecular weight excluding hydrogens is 194 g/mol. The summed E-state index contributed by atoms with van der Waals surface area (Å²) in [5.41, 5.74) is 12.9. The molecule has 0 fully saturated rings. The maximum Gasteiger partial charge on any atom is 0.0120 e. The molecule has 1 heteroatoms. The molecule has 0 unspecified atom stereocenters. The Labute approximate surface area is 98.7 Å². The van der Waals surface area contributed by atoms with Crippen molar-refractivity contribution < 1.29 is 0 Å². The lowest BCUT2D eigenvalue weighted by Crippen LogP contribution is -2.00. The number of hydrogen-bond donors (Lipinski definition) is 1. The summed E-state index contributed by atoms with van der Waals surface area (Å²) in [4.78, 5) is 0. The van der Waals surface area contributed by atoms with E-state index >= 15 is 0 Å².